The molecule has 0 spiro atoms. The lowest BCUT2D eigenvalue weighted by Gasteiger charge is -2.11. The molecule has 17 heavy (non-hydrogen) atoms. The zero-order valence-corrected chi connectivity index (χ0v) is 9.53. The summed E-state index contributed by atoms with van der Waals surface area (Å²) < 4.78 is 13.7. The first-order chi connectivity index (χ1) is 8.13. The van der Waals surface area contributed by atoms with E-state index in [4.69, 9.17) is 5.26 Å². The van der Waals surface area contributed by atoms with Gasteiger partial charge in [0.05, 0.1) is 11.6 Å². The number of halogens is 1. The van der Waals surface area contributed by atoms with Crippen LogP contribution in [0.4, 0.5) is 4.39 Å². The molecule has 0 bridgehead atoms. The predicted octanol–water partition coefficient (Wildman–Crippen LogP) is 2.17. The van der Waals surface area contributed by atoms with Gasteiger partial charge in [-0.2, -0.15) is 5.26 Å². The van der Waals surface area contributed by atoms with E-state index < -0.39 is 17.8 Å². The number of hydrogen-bond donors (Lipinski definition) is 1. The van der Waals surface area contributed by atoms with Crippen LogP contribution < -0.4 is 5.32 Å². The van der Waals surface area contributed by atoms with Crippen molar-refractivity contribution in [1.29, 1.82) is 5.26 Å². The van der Waals surface area contributed by atoms with Crippen molar-refractivity contribution in [2.75, 3.05) is 0 Å². The van der Waals surface area contributed by atoms with Gasteiger partial charge in [-0.05, 0) is 37.3 Å². The average Bonchev–Trinajstić information content (AvgIpc) is 3.13. The Labute approximate surface area is 99.2 Å². The third-order valence-corrected chi connectivity index (χ3v) is 2.96. The van der Waals surface area contributed by atoms with E-state index in [2.05, 4.69) is 5.32 Å². The molecule has 1 aliphatic rings. The summed E-state index contributed by atoms with van der Waals surface area (Å²) in [5.74, 6) is -0.793. The summed E-state index contributed by atoms with van der Waals surface area (Å²) in [6.45, 7) is 1.61. The third-order valence-electron chi connectivity index (χ3n) is 2.96. The summed E-state index contributed by atoms with van der Waals surface area (Å²) in [6, 6.07) is 6.21. The van der Waals surface area contributed by atoms with Crippen LogP contribution in [-0.4, -0.2) is 11.9 Å². The number of carbonyl (C=O) groups excluding carboxylic acids is 1. The zero-order chi connectivity index (χ0) is 12.4. The molecule has 1 aromatic rings. The molecule has 1 atom stereocenters. The number of carbonyl (C=O) groups is 1. The predicted molar refractivity (Wildman–Crippen MR) is 60.7 cm³/mol. The van der Waals surface area contributed by atoms with E-state index in [-0.39, 0.29) is 11.5 Å². The molecule has 0 radical (unpaired) electrons. The number of nitrogens with zero attached hydrogens (tertiary/aromatic N) is 1. The van der Waals surface area contributed by atoms with Crippen molar-refractivity contribution >= 4 is 5.91 Å². The van der Waals surface area contributed by atoms with Crippen molar-refractivity contribution < 1.29 is 9.18 Å². The summed E-state index contributed by atoms with van der Waals surface area (Å²) in [4.78, 5) is 11.8. The van der Waals surface area contributed by atoms with Crippen LogP contribution in [0.25, 0.3) is 0 Å². The van der Waals surface area contributed by atoms with E-state index >= 15 is 0 Å². The second-order valence-corrected chi connectivity index (χ2v) is 4.35. The molecule has 0 saturated heterocycles. The van der Waals surface area contributed by atoms with Gasteiger partial charge in [-0.15, -0.1) is 0 Å². The van der Waals surface area contributed by atoms with Crippen LogP contribution in [0.5, 0.6) is 0 Å². The average molecular weight is 232 g/mol. The topological polar surface area (TPSA) is 52.9 Å². The fourth-order valence-electron chi connectivity index (χ4n) is 1.73. The second-order valence-electron chi connectivity index (χ2n) is 4.35. The second kappa shape index (κ2) is 4.54. The van der Waals surface area contributed by atoms with Crippen LogP contribution in [0.15, 0.2) is 18.2 Å². The van der Waals surface area contributed by atoms with Gasteiger partial charge in [0.1, 0.15) is 11.9 Å². The maximum atomic E-state index is 13.7. The highest BCUT2D eigenvalue weighted by Crippen LogP contribution is 2.32. The van der Waals surface area contributed by atoms with Gasteiger partial charge in [-0.3, -0.25) is 4.79 Å². The summed E-state index contributed by atoms with van der Waals surface area (Å²) in [5, 5.41) is 11.5. The summed E-state index contributed by atoms with van der Waals surface area (Å²) in [7, 11) is 0. The van der Waals surface area contributed by atoms with Gasteiger partial charge in [-0.25, -0.2) is 4.39 Å². The molecular formula is C13H13FN2O. The number of amides is 1. The Morgan fingerprint density at radius 1 is 1.59 bits per heavy atom. The Balaban J connectivity index is 2.14. The highest BCUT2D eigenvalue weighted by molar-refractivity contribution is 5.95. The molecule has 4 heteroatoms. The Hall–Kier alpha value is -1.89. The van der Waals surface area contributed by atoms with Crippen LogP contribution in [0.3, 0.4) is 0 Å². The van der Waals surface area contributed by atoms with Crippen molar-refractivity contribution in [2.45, 2.75) is 25.8 Å². The van der Waals surface area contributed by atoms with Crippen molar-refractivity contribution in [2.24, 2.45) is 5.92 Å². The molecule has 1 N–H and O–H groups in total. The lowest BCUT2D eigenvalue weighted by Crippen LogP contribution is -2.35. The first-order valence-corrected chi connectivity index (χ1v) is 5.59. The SMILES string of the molecule is Cc1cccc(C(=O)NC(C#N)C2CC2)c1F. The number of hydrogen-bond acceptors (Lipinski definition) is 2. The van der Waals surface area contributed by atoms with Gasteiger partial charge in [0.2, 0.25) is 0 Å². The number of rotatable bonds is 3. The minimum atomic E-state index is -0.516. The highest BCUT2D eigenvalue weighted by atomic mass is 19.1. The highest BCUT2D eigenvalue weighted by Gasteiger charge is 2.32. The van der Waals surface area contributed by atoms with Gasteiger partial charge in [0.25, 0.3) is 5.91 Å². The van der Waals surface area contributed by atoms with Crippen LogP contribution >= 0.6 is 0 Å². The Morgan fingerprint density at radius 2 is 2.29 bits per heavy atom. The molecule has 2 rings (SSSR count). The molecule has 1 amide bonds. The van der Waals surface area contributed by atoms with Crippen LogP contribution in [0.1, 0.15) is 28.8 Å². The Morgan fingerprint density at radius 3 is 2.88 bits per heavy atom. The number of nitriles is 1. The van der Waals surface area contributed by atoms with Crippen molar-refractivity contribution in [3.63, 3.8) is 0 Å². The summed E-state index contributed by atoms with van der Waals surface area (Å²) in [6.07, 6.45) is 1.91. The number of aryl methyl sites for hydroxylation is 1. The molecule has 1 unspecified atom stereocenters. The largest absolute Gasteiger partial charge is 0.336 e. The lowest BCUT2D eigenvalue weighted by molar-refractivity contribution is 0.0937. The van der Waals surface area contributed by atoms with E-state index in [0.717, 1.165) is 12.8 Å². The Bertz CT molecular complexity index is 489. The van der Waals surface area contributed by atoms with Gasteiger partial charge in [-0.1, -0.05) is 12.1 Å². The fourth-order valence-corrected chi connectivity index (χ4v) is 1.73. The molecule has 0 aliphatic heterocycles. The van der Waals surface area contributed by atoms with Gasteiger partial charge in [0, 0.05) is 0 Å². The molecule has 0 aromatic heterocycles. The molecular weight excluding hydrogens is 219 g/mol. The van der Waals surface area contributed by atoms with E-state index in [1.165, 1.54) is 6.07 Å². The standard InChI is InChI=1S/C13H13FN2O/c1-8-3-2-4-10(12(8)14)13(17)16-11(7-15)9-5-6-9/h2-4,9,11H,5-6H2,1H3,(H,16,17). The van der Waals surface area contributed by atoms with Crippen LogP contribution in [0, 0.1) is 30.0 Å². The van der Waals surface area contributed by atoms with Crippen molar-refractivity contribution in [3.8, 4) is 6.07 Å². The van der Waals surface area contributed by atoms with Gasteiger partial charge in [0.15, 0.2) is 0 Å². The molecule has 1 saturated carbocycles. The van der Waals surface area contributed by atoms with Gasteiger partial charge < -0.3 is 5.32 Å². The normalized spacial score (nSPS) is 16.1. The smallest absolute Gasteiger partial charge is 0.255 e. The molecule has 3 nitrogen and oxygen atoms in total. The number of nitrogens with one attached hydrogen (secondary N) is 1. The van der Waals surface area contributed by atoms with Gasteiger partial charge >= 0.3 is 0 Å². The van der Waals surface area contributed by atoms with E-state index in [1.54, 1.807) is 19.1 Å². The monoisotopic (exact) mass is 232 g/mol. The minimum Gasteiger partial charge on any atom is -0.336 e. The molecule has 1 aliphatic carbocycles. The molecule has 1 fully saturated rings. The molecule has 0 heterocycles. The fraction of sp³-hybridized carbons (Fsp3) is 0.385. The third kappa shape index (κ3) is 2.44. The minimum absolute atomic E-state index is 0.00546. The maximum absolute atomic E-state index is 13.7. The summed E-state index contributed by atoms with van der Waals surface area (Å²) in [5.41, 5.74) is 0.434. The van der Waals surface area contributed by atoms with Crippen LogP contribution in [0.2, 0.25) is 0 Å². The van der Waals surface area contributed by atoms with E-state index in [0.29, 0.717) is 5.56 Å². The Kier molecular flexibility index (Phi) is 3.10. The maximum Gasteiger partial charge on any atom is 0.255 e. The molecule has 1 aromatic carbocycles. The summed E-state index contributed by atoms with van der Waals surface area (Å²) >= 11 is 0. The van der Waals surface area contributed by atoms with E-state index in [1.807, 2.05) is 6.07 Å². The van der Waals surface area contributed by atoms with Crippen LogP contribution in [-0.2, 0) is 0 Å². The molecule has 88 valence electrons. The van der Waals surface area contributed by atoms with Crippen molar-refractivity contribution in [1.82, 2.24) is 5.32 Å². The first kappa shape index (κ1) is 11.6. The zero-order valence-electron chi connectivity index (χ0n) is 9.53. The van der Waals surface area contributed by atoms with E-state index in [9.17, 15) is 9.18 Å². The lowest BCUT2D eigenvalue weighted by atomic mass is 10.1. The number of benzene rings is 1. The van der Waals surface area contributed by atoms with Crippen molar-refractivity contribution in [3.05, 3.63) is 35.1 Å². The first-order valence-electron chi connectivity index (χ1n) is 5.59. The quantitative estimate of drug-likeness (QED) is 0.868.